The minimum atomic E-state index is -0.320. The lowest BCUT2D eigenvalue weighted by molar-refractivity contribution is 0.615. The van der Waals surface area contributed by atoms with Crippen molar-refractivity contribution < 1.29 is 4.39 Å². The van der Waals surface area contributed by atoms with Crippen LogP contribution in [0.3, 0.4) is 0 Å². The SMILES string of the molecule is CN(Cc1cccc(N)c1)c1ncccc1F. The number of rotatable bonds is 3. The Morgan fingerprint density at radius 3 is 2.82 bits per heavy atom. The van der Waals surface area contributed by atoms with Crippen molar-refractivity contribution in [2.45, 2.75) is 6.54 Å². The first-order valence-corrected chi connectivity index (χ1v) is 5.33. The lowest BCUT2D eigenvalue weighted by Gasteiger charge is -2.18. The van der Waals surface area contributed by atoms with Crippen molar-refractivity contribution in [1.29, 1.82) is 0 Å². The summed E-state index contributed by atoms with van der Waals surface area (Å²) in [5, 5.41) is 0. The predicted molar refractivity (Wildman–Crippen MR) is 67.2 cm³/mol. The minimum Gasteiger partial charge on any atom is -0.399 e. The first-order valence-electron chi connectivity index (χ1n) is 5.33. The van der Waals surface area contributed by atoms with E-state index in [2.05, 4.69) is 4.98 Å². The van der Waals surface area contributed by atoms with Crippen molar-refractivity contribution in [2.75, 3.05) is 17.7 Å². The number of nitrogen functional groups attached to an aromatic ring is 1. The molecule has 0 aliphatic rings. The Morgan fingerprint density at radius 2 is 2.12 bits per heavy atom. The molecule has 4 heteroatoms. The van der Waals surface area contributed by atoms with Crippen LogP contribution >= 0.6 is 0 Å². The van der Waals surface area contributed by atoms with Gasteiger partial charge in [-0.15, -0.1) is 0 Å². The molecule has 0 radical (unpaired) electrons. The van der Waals surface area contributed by atoms with E-state index in [9.17, 15) is 4.39 Å². The van der Waals surface area contributed by atoms with Gasteiger partial charge in [0.25, 0.3) is 0 Å². The summed E-state index contributed by atoms with van der Waals surface area (Å²) < 4.78 is 13.5. The molecule has 0 aliphatic carbocycles. The Morgan fingerprint density at radius 1 is 1.29 bits per heavy atom. The molecule has 0 saturated carbocycles. The maximum atomic E-state index is 13.5. The van der Waals surface area contributed by atoms with Crippen LogP contribution in [0.1, 0.15) is 5.56 Å². The smallest absolute Gasteiger partial charge is 0.165 e. The van der Waals surface area contributed by atoms with Gasteiger partial charge >= 0.3 is 0 Å². The molecule has 0 unspecified atom stereocenters. The van der Waals surface area contributed by atoms with E-state index in [1.54, 1.807) is 24.2 Å². The van der Waals surface area contributed by atoms with Gasteiger partial charge in [-0.25, -0.2) is 9.37 Å². The second-order valence-corrected chi connectivity index (χ2v) is 3.91. The second kappa shape index (κ2) is 4.82. The largest absolute Gasteiger partial charge is 0.399 e. The average Bonchev–Trinajstić information content (AvgIpc) is 2.29. The zero-order valence-corrected chi connectivity index (χ0v) is 9.60. The van der Waals surface area contributed by atoms with Crippen molar-refractivity contribution in [1.82, 2.24) is 4.98 Å². The van der Waals surface area contributed by atoms with Gasteiger partial charge in [0.05, 0.1) is 0 Å². The molecule has 0 bridgehead atoms. The lowest BCUT2D eigenvalue weighted by Crippen LogP contribution is -2.19. The number of aromatic nitrogens is 1. The Bertz CT molecular complexity index is 514. The highest BCUT2D eigenvalue weighted by Gasteiger charge is 2.08. The summed E-state index contributed by atoms with van der Waals surface area (Å²) in [6, 6.07) is 10.5. The van der Waals surface area contributed by atoms with Gasteiger partial charge in [-0.2, -0.15) is 0 Å². The van der Waals surface area contributed by atoms with Crippen LogP contribution < -0.4 is 10.6 Å². The molecule has 0 fully saturated rings. The molecule has 1 heterocycles. The molecule has 2 aromatic rings. The highest BCUT2D eigenvalue weighted by molar-refractivity contribution is 5.44. The van der Waals surface area contributed by atoms with Crippen LogP contribution in [0.15, 0.2) is 42.6 Å². The van der Waals surface area contributed by atoms with Gasteiger partial charge in [-0.3, -0.25) is 0 Å². The molecule has 0 saturated heterocycles. The highest BCUT2D eigenvalue weighted by Crippen LogP contribution is 2.17. The van der Waals surface area contributed by atoms with Crippen molar-refractivity contribution in [3.8, 4) is 0 Å². The third-order valence-electron chi connectivity index (χ3n) is 2.47. The first-order chi connectivity index (χ1) is 8.16. The van der Waals surface area contributed by atoms with Crippen LogP contribution in [0.5, 0.6) is 0 Å². The number of halogens is 1. The maximum Gasteiger partial charge on any atom is 0.165 e. The van der Waals surface area contributed by atoms with Gasteiger partial charge in [0.15, 0.2) is 11.6 Å². The van der Waals surface area contributed by atoms with Gasteiger partial charge in [0, 0.05) is 25.5 Å². The van der Waals surface area contributed by atoms with E-state index in [-0.39, 0.29) is 5.82 Å². The third kappa shape index (κ3) is 2.72. The molecule has 2 N–H and O–H groups in total. The fourth-order valence-electron chi connectivity index (χ4n) is 1.70. The van der Waals surface area contributed by atoms with Crippen LogP contribution in [0.25, 0.3) is 0 Å². The Kier molecular flexibility index (Phi) is 3.23. The van der Waals surface area contributed by atoms with E-state index < -0.39 is 0 Å². The lowest BCUT2D eigenvalue weighted by atomic mass is 10.2. The molecule has 0 amide bonds. The van der Waals surface area contributed by atoms with Gasteiger partial charge in [-0.1, -0.05) is 12.1 Å². The van der Waals surface area contributed by atoms with Crippen LogP contribution in [0, 0.1) is 5.82 Å². The van der Waals surface area contributed by atoms with Crippen LogP contribution in [-0.4, -0.2) is 12.0 Å². The molecular weight excluding hydrogens is 217 g/mol. The normalized spacial score (nSPS) is 10.2. The fourth-order valence-corrected chi connectivity index (χ4v) is 1.70. The molecule has 2 rings (SSSR count). The Hall–Kier alpha value is -2.10. The van der Waals surface area contributed by atoms with E-state index >= 15 is 0 Å². The van der Waals surface area contributed by atoms with Gasteiger partial charge in [0.1, 0.15) is 0 Å². The van der Waals surface area contributed by atoms with E-state index in [1.807, 2.05) is 24.3 Å². The maximum absolute atomic E-state index is 13.5. The summed E-state index contributed by atoms with van der Waals surface area (Å²) in [7, 11) is 1.80. The molecule has 0 aliphatic heterocycles. The minimum absolute atomic E-state index is 0.320. The molecule has 88 valence electrons. The van der Waals surface area contributed by atoms with E-state index in [4.69, 9.17) is 5.73 Å². The van der Waals surface area contributed by atoms with E-state index in [0.717, 1.165) is 5.56 Å². The first kappa shape index (κ1) is 11.4. The molecule has 17 heavy (non-hydrogen) atoms. The molecular formula is C13H14FN3. The predicted octanol–water partition coefficient (Wildman–Crippen LogP) is 2.44. The number of nitrogens with zero attached hydrogens (tertiary/aromatic N) is 2. The van der Waals surface area contributed by atoms with Crippen molar-refractivity contribution in [3.05, 3.63) is 54.0 Å². The molecule has 1 aromatic heterocycles. The molecule has 0 atom stereocenters. The van der Waals surface area contributed by atoms with E-state index in [1.165, 1.54) is 6.07 Å². The van der Waals surface area contributed by atoms with Gasteiger partial charge < -0.3 is 10.6 Å². The summed E-state index contributed by atoms with van der Waals surface area (Å²) in [5.74, 6) is 0.0221. The van der Waals surface area contributed by atoms with Crippen LogP contribution in [0.4, 0.5) is 15.9 Å². The number of hydrogen-bond donors (Lipinski definition) is 1. The summed E-state index contributed by atoms with van der Waals surface area (Å²) in [4.78, 5) is 5.77. The third-order valence-corrected chi connectivity index (χ3v) is 2.47. The standard InChI is InChI=1S/C13H14FN3/c1-17(13-12(14)6-3-7-16-13)9-10-4-2-5-11(15)8-10/h2-8H,9,15H2,1H3. The van der Waals surface area contributed by atoms with Gasteiger partial charge in [0.2, 0.25) is 0 Å². The number of nitrogens with two attached hydrogens (primary N) is 1. The van der Waals surface area contributed by atoms with Crippen molar-refractivity contribution in [3.63, 3.8) is 0 Å². The Balaban J connectivity index is 2.17. The number of pyridine rings is 1. The zero-order valence-electron chi connectivity index (χ0n) is 9.60. The molecule has 3 nitrogen and oxygen atoms in total. The number of benzene rings is 1. The van der Waals surface area contributed by atoms with Gasteiger partial charge in [-0.05, 0) is 29.8 Å². The van der Waals surface area contributed by atoms with Crippen LogP contribution in [-0.2, 0) is 6.54 Å². The van der Waals surface area contributed by atoms with Crippen molar-refractivity contribution in [2.24, 2.45) is 0 Å². The topological polar surface area (TPSA) is 42.1 Å². The molecule has 1 aromatic carbocycles. The summed E-state index contributed by atoms with van der Waals surface area (Å²) in [5.41, 5.74) is 7.43. The average molecular weight is 231 g/mol. The Labute approximate surface area is 99.7 Å². The number of anilines is 2. The van der Waals surface area contributed by atoms with Crippen molar-refractivity contribution >= 4 is 11.5 Å². The highest BCUT2D eigenvalue weighted by atomic mass is 19.1. The molecule has 0 spiro atoms. The van der Waals surface area contributed by atoms with E-state index in [0.29, 0.717) is 18.1 Å². The zero-order chi connectivity index (χ0) is 12.3. The monoisotopic (exact) mass is 231 g/mol. The summed E-state index contributed by atoms with van der Waals surface area (Å²) in [6.45, 7) is 0.568. The fraction of sp³-hybridized carbons (Fsp3) is 0.154. The summed E-state index contributed by atoms with van der Waals surface area (Å²) in [6.07, 6.45) is 1.58. The number of hydrogen-bond acceptors (Lipinski definition) is 3. The van der Waals surface area contributed by atoms with Crippen LogP contribution in [0.2, 0.25) is 0 Å². The second-order valence-electron chi connectivity index (χ2n) is 3.91. The summed E-state index contributed by atoms with van der Waals surface area (Å²) >= 11 is 0. The quantitative estimate of drug-likeness (QED) is 0.825.